The molecule has 0 aromatic heterocycles. The van der Waals surface area contributed by atoms with E-state index in [9.17, 15) is 13.2 Å². The molecule has 0 heterocycles. The van der Waals surface area contributed by atoms with Crippen molar-refractivity contribution in [2.45, 2.75) is 36.3 Å². The molecule has 0 fully saturated rings. The quantitative estimate of drug-likeness (QED) is 0.437. The van der Waals surface area contributed by atoms with Crippen LogP contribution in [0.4, 0.5) is 0 Å². The van der Waals surface area contributed by atoms with E-state index in [1.54, 1.807) is 35.8 Å². The first-order valence-corrected chi connectivity index (χ1v) is 9.45. The molecule has 0 aliphatic rings. The lowest BCUT2D eigenvalue weighted by Gasteiger charge is -2.06. The first-order chi connectivity index (χ1) is 11.5. The molecule has 0 unspecified atom stereocenters. The topological polar surface area (TPSA) is 83.5 Å². The van der Waals surface area contributed by atoms with Crippen molar-refractivity contribution in [1.82, 2.24) is 5.48 Å². The molecule has 2 N–H and O–H groups in total. The van der Waals surface area contributed by atoms with E-state index in [1.807, 2.05) is 24.3 Å². The van der Waals surface area contributed by atoms with Crippen LogP contribution in [0, 0.1) is 0 Å². The molecule has 2 aromatic carbocycles. The number of amides is 1. The Kier molecular flexibility index (Phi) is 6.52. The second-order valence-corrected chi connectivity index (χ2v) is 7.62. The second kappa shape index (κ2) is 8.61. The highest BCUT2D eigenvalue weighted by Gasteiger charge is 2.14. The van der Waals surface area contributed by atoms with Gasteiger partial charge in [-0.15, -0.1) is 0 Å². The van der Waals surface area contributed by atoms with Crippen LogP contribution in [0.2, 0.25) is 0 Å². The largest absolute Gasteiger partial charge is 0.289 e. The third-order valence-corrected chi connectivity index (χ3v) is 5.43. The van der Waals surface area contributed by atoms with Gasteiger partial charge in [-0.1, -0.05) is 42.5 Å². The Morgan fingerprint density at radius 3 is 2.17 bits per heavy atom. The number of carbonyl (C=O) groups excluding carboxylic acids is 1. The average molecular weight is 347 g/mol. The first-order valence-electron chi connectivity index (χ1n) is 7.80. The van der Waals surface area contributed by atoms with E-state index in [-0.39, 0.29) is 11.7 Å². The third kappa shape index (κ3) is 5.47. The number of sulfone groups is 1. The molecule has 2 aromatic rings. The van der Waals surface area contributed by atoms with Gasteiger partial charge in [0, 0.05) is 6.42 Å². The summed E-state index contributed by atoms with van der Waals surface area (Å²) in [5.74, 6) is -0.398. The van der Waals surface area contributed by atoms with E-state index in [1.165, 1.54) is 0 Å². The fraction of sp³-hybridized carbons (Fsp3) is 0.278. The number of rotatable bonds is 8. The fourth-order valence-electron chi connectivity index (χ4n) is 2.40. The van der Waals surface area contributed by atoms with Crippen molar-refractivity contribution in [2.24, 2.45) is 0 Å². The molecular formula is C18H21NO4S. The van der Waals surface area contributed by atoms with Crippen LogP contribution in [0.15, 0.2) is 59.5 Å². The molecule has 0 aliphatic heterocycles. The smallest absolute Gasteiger partial charge is 0.243 e. The van der Waals surface area contributed by atoms with Gasteiger partial charge in [-0.05, 0) is 42.5 Å². The number of nitrogens with one attached hydrogen (secondary N) is 1. The summed E-state index contributed by atoms with van der Waals surface area (Å²) in [7, 11) is -3.33. The Balaban J connectivity index is 1.89. The highest BCUT2D eigenvalue weighted by atomic mass is 32.2. The van der Waals surface area contributed by atoms with Gasteiger partial charge in [0.05, 0.1) is 10.6 Å². The zero-order valence-electron chi connectivity index (χ0n) is 13.3. The van der Waals surface area contributed by atoms with E-state index in [2.05, 4.69) is 0 Å². The predicted octanol–water partition coefficient (Wildman–Crippen LogP) is 2.88. The maximum Gasteiger partial charge on any atom is 0.243 e. The molecule has 0 atom stereocenters. The summed E-state index contributed by atoms with van der Waals surface area (Å²) in [6.45, 7) is 0. The predicted molar refractivity (Wildman–Crippen MR) is 91.3 cm³/mol. The lowest BCUT2D eigenvalue weighted by Crippen LogP contribution is -2.17. The summed E-state index contributed by atoms with van der Waals surface area (Å²) in [4.78, 5) is 11.2. The Morgan fingerprint density at radius 1 is 0.917 bits per heavy atom. The molecule has 0 spiro atoms. The first kappa shape index (κ1) is 18.2. The van der Waals surface area contributed by atoms with Gasteiger partial charge in [0.25, 0.3) is 0 Å². The number of benzene rings is 2. The standard InChI is InChI=1S/C18H21NO4S/c20-18(19-21)9-5-4-6-15-10-12-16(13-11-15)14-24(22,23)17-7-2-1-3-8-17/h1-3,7-8,10-13,21H,4-6,9,14H2,(H,19,20). The van der Waals surface area contributed by atoms with Crippen LogP contribution in [0.3, 0.4) is 0 Å². The normalized spacial score (nSPS) is 11.2. The van der Waals surface area contributed by atoms with Gasteiger partial charge in [-0.2, -0.15) is 0 Å². The number of hydrogen-bond acceptors (Lipinski definition) is 4. The maximum absolute atomic E-state index is 12.3. The summed E-state index contributed by atoms with van der Waals surface area (Å²) in [6, 6.07) is 15.9. The lowest BCUT2D eigenvalue weighted by atomic mass is 10.1. The average Bonchev–Trinajstić information content (AvgIpc) is 2.60. The van der Waals surface area contributed by atoms with Crippen LogP contribution >= 0.6 is 0 Å². The molecule has 128 valence electrons. The summed E-state index contributed by atoms with van der Waals surface area (Å²) < 4.78 is 24.7. The van der Waals surface area contributed by atoms with Crippen molar-refractivity contribution in [3.05, 3.63) is 65.7 Å². The minimum Gasteiger partial charge on any atom is -0.289 e. The lowest BCUT2D eigenvalue weighted by molar-refractivity contribution is -0.129. The maximum atomic E-state index is 12.3. The van der Waals surface area contributed by atoms with E-state index in [0.717, 1.165) is 24.0 Å². The van der Waals surface area contributed by atoms with Crippen molar-refractivity contribution in [2.75, 3.05) is 0 Å². The van der Waals surface area contributed by atoms with Gasteiger partial charge in [-0.25, -0.2) is 13.9 Å². The van der Waals surface area contributed by atoms with Crippen LogP contribution < -0.4 is 5.48 Å². The molecule has 24 heavy (non-hydrogen) atoms. The summed E-state index contributed by atoms with van der Waals surface area (Å²) in [5.41, 5.74) is 3.46. The number of unbranched alkanes of at least 4 members (excludes halogenated alkanes) is 1. The van der Waals surface area contributed by atoms with Crippen molar-refractivity contribution >= 4 is 15.7 Å². The molecule has 5 nitrogen and oxygen atoms in total. The van der Waals surface area contributed by atoms with Gasteiger partial charge in [0.2, 0.25) is 5.91 Å². The zero-order chi connectivity index (χ0) is 17.4. The SMILES string of the molecule is O=C(CCCCc1ccc(CS(=O)(=O)c2ccccc2)cc1)NO. The highest BCUT2D eigenvalue weighted by Crippen LogP contribution is 2.17. The van der Waals surface area contributed by atoms with Gasteiger partial charge in [-0.3, -0.25) is 10.0 Å². The van der Waals surface area contributed by atoms with Crippen molar-refractivity contribution < 1.29 is 18.4 Å². The van der Waals surface area contributed by atoms with E-state index in [0.29, 0.717) is 17.7 Å². The second-order valence-electron chi connectivity index (χ2n) is 5.63. The van der Waals surface area contributed by atoms with Crippen molar-refractivity contribution in [3.8, 4) is 0 Å². The molecule has 0 saturated heterocycles. The Morgan fingerprint density at radius 2 is 1.54 bits per heavy atom. The molecule has 2 rings (SSSR count). The van der Waals surface area contributed by atoms with E-state index in [4.69, 9.17) is 5.21 Å². The van der Waals surface area contributed by atoms with Crippen LogP contribution in [-0.2, 0) is 26.8 Å². The summed E-state index contributed by atoms with van der Waals surface area (Å²) in [5, 5.41) is 8.41. The van der Waals surface area contributed by atoms with Crippen molar-refractivity contribution in [3.63, 3.8) is 0 Å². The molecular weight excluding hydrogens is 326 g/mol. The van der Waals surface area contributed by atoms with E-state index < -0.39 is 9.84 Å². The zero-order valence-corrected chi connectivity index (χ0v) is 14.1. The molecule has 0 saturated carbocycles. The third-order valence-electron chi connectivity index (χ3n) is 3.73. The van der Waals surface area contributed by atoms with Gasteiger partial charge in [0.1, 0.15) is 0 Å². The number of hydroxylamine groups is 1. The molecule has 1 amide bonds. The molecule has 0 bridgehead atoms. The Hall–Kier alpha value is -2.18. The monoisotopic (exact) mass is 347 g/mol. The highest BCUT2D eigenvalue weighted by molar-refractivity contribution is 7.90. The van der Waals surface area contributed by atoms with E-state index >= 15 is 0 Å². The number of aryl methyl sites for hydroxylation is 1. The van der Waals surface area contributed by atoms with Crippen LogP contribution in [0.5, 0.6) is 0 Å². The Bertz CT molecular complexity index is 755. The van der Waals surface area contributed by atoms with Gasteiger partial charge in [0.15, 0.2) is 9.84 Å². The van der Waals surface area contributed by atoms with Gasteiger partial charge < -0.3 is 0 Å². The molecule has 0 aliphatic carbocycles. The Labute approximate surface area is 142 Å². The number of hydrogen-bond donors (Lipinski definition) is 2. The van der Waals surface area contributed by atoms with Crippen LogP contribution in [0.25, 0.3) is 0 Å². The molecule has 6 heteroatoms. The van der Waals surface area contributed by atoms with Gasteiger partial charge >= 0.3 is 0 Å². The van der Waals surface area contributed by atoms with Crippen LogP contribution in [0.1, 0.15) is 30.4 Å². The number of carbonyl (C=O) groups is 1. The fourth-order valence-corrected chi connectivity index (χ4v) is 3.77. The van der Waals surface area contributed by atoms with Crippen molar-refractivity contribution in [1.29, 1.82) is 0 Å². The summed E-state index contributed by atoms with van der Waals surface area (Å²) in [6.07, 6.45) is 2.62. The minimum absolute atomic E-state index is 0.0199. The minimum atomic E-state index is -3.33. The van der Waals surface area contributed by atoms with Crippen LogP contribution in [-0.4, -0.2) is 19.5 Å². The molecule has 0 radical (unpaired) electrons. The summed E-state index contributed by atoms with van der Waals surface area (Å²) >= 11 is 0.